The molecule has 1 aromatic rings. The van der Waals surface area contributed by atoms with Gasteiger partial charge in [-0.15, -0.1) is 11.6 Å². The lowest BCUT2D eigenvalue weighted by molar-refractivity contribution is -0.123. The summed E-state index contributed by atoms with van der Waals surface area (Å²) >= 11 is 21.5. The summed E-state index contributed by atoms with van der Waals surface area (Å²) in [6, 6.07) is 7.13. The number of ketones is 1. The third-order valence-electron chi connectivity index (χ3n) is 2.94. The van der Waals surface area contributed by atoms with E-state index in [0.29, 0.717) is 10.1 Å². The van der Waals surface area contributed by atoms with Crippen LogP contribution in [0, 0.1) is 5.41 Å². The molecule has 0 aromatic heterocycles. The summed E-state index contributed by atoms with van der Waals surface area (Å²) in [6.45, 7) is 3.60. The molecule has 1 rings (SSSR count). The Balaban J connectivity index is 2.95. The second-order valence-corrected chi connectivity index (χ2v) is 6.58. The third kappa shape index (κ3) is 4.49. The monoisotopic (exact) mass is 382 g/mol. The number of benzene rings is 1. The molecule has 0 fully saturated rings. The van der Waals surface area contributed by atoms with Crippen molar-refractivity contribution in [2.24, 2.45) is 5.41 Å². The predicted molar refractivity (Wildman–Crippen MR) is 87.5 cm³/mol. The number of carbonyl (C=O) groups excluding carboxylic acids is 1. The third-order valence-corrected chi connectivity index (χ3v) is 4.72. The van der Waals surface area contributed by atoms with Gasteiger partial charge in [0.25, 0.3) is 0 Å². The summed E-state index contributed by atoms with van der Waals surface area (Å²) in [7, 11) is 0. The molecule has 0 spiro atoms. The maximum absolute atomic E-state index is 11.8. The van der Waals surface area contributed by atoms with Crippen LogP contribution in [0.25, 0.3) is 5.03 Å². The van der Waals surface area contributed by atoms with Crippen LogP contribution >= 0.6 is 50.7 Å². The van der Waals surface area contributed by atoms with Gasteiger partial charge in [-0.1, -0.05) is 65.1 Å². The zero-order valence-electron chi connectivity index (χ0n) is 10.6. The number of alkyl halides is 2. The van der Waals surface area contributed by atoms with Gasteiger partial charge in [0, 0.05) is 15.5 Å². The van der Waals surface area contributed by atoms with E-state index in [1.807, 2.05) is 12.1 Å². The van der Waals surface area contributed by atoms with Crippen LogP contribution in [0.4, 0.5) is 0 Å². The minimum absolute atomic E-state index is 0.0318. The van der Waals surface area contributed by atoms with Crippen molar-refractivity contribution in [3.05, 3.63) is 40.9 Å². The average molecular weight is 385 g/mol. The Morgan fingerprint density at radius 1 is 1.37 bits per heavy atom. The highest BCUT2D eigenvalue weighted by Gasteiger charge is 2.33. The van der Waals surface area contributed by atoms with Gasteiger partial charge in [-0.05, 0) is 23.8 Å². The molecule has 5 heteroatoms. The number of halogens is 4. The van der Waals surface area contributed by atoms with Gasteiger partial charge in [-0.25, -0.2) is 0 Å². The van der Waals surface area contributed by atoms with Gasteiger partial charge >= 0.3 is 0 Å². The summed E-state index contributed by atoms with van der Waals surface area (Å²) in [5, 5.41) is 0.939. The van der Waals surface area contributed by atoms with Crippen molar-refractivity contribution in [3.8, 4) is 0 Å². The summed E-state index contributed by atoms with van der Waals surface area (Å²) in [5.41, 5.74) is 0.135. The molecule has 0 N–H and O–H groups in total. The van der Waals surface area contributed by atoms with Crippen LogP contribution in [-0.4, -0.2) is 16.5 Å². The minimum atomic E-state index is -0.683. The van der Waals surface area contributed by atoms with E-state index in [2.05, 4.69) is 15.9 Å². The Bertz CT molecular complexity index is 480. The van der Waals surface area contributed by atoms with Crippen LogP contribution < -0.4 is 0 Å². The van der Waals surface area contributed by atoms with E-state index >= 15 is 0 Å². The average Bonchev–Trinajstić information content (AvgIpc) is 2.38. The predicted octanol–water partition coefficient (Wildman–Crippen LogP) is 5.52. The number of Topliss-reactive ketones (excluding diaryl/α,β-unsaturated/α-hetero) is 1. The van der Waals surface area contributed by atoms with E-state index in [1.54, 1.807) is 32.1 Å². The molecule has 0 bridgehead atoms. The highest BCUT2D eigenvalue weighted by molar-refractivity contribution is 9.09. The lowest BCUT2D eigenvalue weighted by Gasteiger charge is -2.25. The first-order valence-corrected chi connectivity index (χ1v) is 7.97. The molecule has 0 heterocycles. The van der Waals surface area contributed by atoms with Crippen molar-refractivity contribution in [1.29, 1.82) is 0 Å². The van der Waals surface area contributed by atoms with Crippen molar-refractivity contribution in [2.45, 2.75) is 19.2 Å². The standard InChI is InChI=1S/C14H14BrCl3O/c1-14(2,13(19)8-15)12(18)7-11(17)9-3-5-10(16)6-4-9/h3-7,12H,8H2,1-2H3/b11-7-. The SMILES string of the molecule is CC(C)(C(=O)CBr)C(Cl)/C=C(\Cl)c1ccc(Cl)cc1. The van der Waals surface area contributed by atoms with Gasteiger partial charge in [0.2, 0.25) is 0 Å². The number of hydrogen-bond acceptors (Lipinski definition) is 1. The van der Waals surface area contributed by atoms with Crippen LogP contribution in [0.15, 0.2) is 30.3 Å². The van der Waals surface area contributed by atoms with Crippen LogP contribution in [0.3, 0.4) is 0 Å². The van der Waals surface area contributed by atoms with E-state index in [9.17, 15) is 4.79 Å². The first-order chi connectivity index (χ1) is 8.78. The van der Waals surface area contributed by atoms with E-state index in [0.717, 1.165) is 5.56 Å². The first kappa shape index (κ1) is 17.0. The Morgan fingerprint density at radius 3 is 2.37 bits per heavy atom. The maximum Gasteiger partial charge on any atom is 0.150 e. The van der Waals surface area contributed by atoms with Crippen molar-refractivity contribution >= 4 is 61.5 Å². The minimum Gasteiger partial charge on any atom is -0.298 e. The molecule has 104 valence electrons. The molecule has 0 aliphatic heterocycles. The molecule has 1 nitrogen and oxygen atoms in total. The number of hydrogen-bond donors (Lipinski definition) is 0. The summed E-state index contributed by atoms with van der Waals surface area (Å²) < 4.78 is 0. The molecule has 0 radical (unpaired) electrons. The van der Waals surface area contributed by atoms with Crippen molar-refractivity contribution in [1.82, 2.24) is 0 Å². The second-order valence-electron chi connectivity index (χ2n) is 4.70. The van der Waals surface area contributed by atoms with Crippen molar-refractivity contribution in [2.75, 3.05) is 5.33 Å². The fourth-order valence-electron chi connectivity index (χ4n) is 1.37. The zero-order valence-corrected chi connectivity index (χ0v) is 14.4. The highest BCUT2D eigenvalue weighted by atomic mass is 79.9. The van der Waals surface area contributed by atoms with E-state index in [1.165, 1.54) is 0 Å². The second kappa shape index (κ2) is 7.12. The molecule has 0 aliphatic rings. The van der Waals surface area contributed by atoms with Crippen molar-refractivity contribution in [3.63, 3.8) is 0 Å². The molecule has 0 saturated heterocycles. The fraction of sp³-hybridized carbons (Fsp3) is 0.357. The molecular formula is C14H14BrCl3O. The number of rotatable bonds is 5. The molecular weight excluding hydrogens is 370 g/mol. The molecule has 0 amide bonds. The van der Waals surface area contributed by atoms with Crippen LogP contribution in [0.5, 0.6) is 0 Å². The topological polar surface area (TPSA) is 17.1 Å². The Kier molecular flexibility index (Phi) is 6.38. The fourth-order valence-corrected chi connectivity index (χ4v) is 2.78. The summed E-state index contributed by atoms with van der Waals surface area (Å²) in [5.74, 6) is 0.0318. The Labute approximate surface area is 137 Å². The number of allylic oxidation sites excluding steroid dienone is 1. The lowest BCUT2D eigenvalue weighted by atomic mass is 9.84. The molecule has 19 heavy (non-hydrogen) atoms. The van der Waals surface area contributed by atoms with Crippen LogP contribution in [-0.2, 0) is 4.79 Å². The van der Waals surface area contributed by atoms with E-state index in [4.69, 9.17) is 34.8 Å². The summed E-state index contributed by atoms with van der Waals surface area (Å²) in [6.07, 6.45) is 1.69. The molecule has 0 saturated carbocycles. The smallest absolute Gasteiger partial charge is 0.150 e. The number of carbonyl (C=O) groups is 1. The van der Waals surface area contributed by atoms with E-state index in [-0.39, 0.29) is 11.1 Å². The quantitative estimate of drug-likeness (QED) is 0.611. The van der Waals surface area contributed by atoms with Crippen LogP contribution in [0.2, 0.25) is 5.02 Å². The molecule has 1 aromatic carbocycles. The van der Waals surface area contributed by atoms with Crippen LogP contribution in [0.1, 0.15) is 19.4 Å². The highest BCUT2D eigenvalue weighted by Crippen LogP contribution is 2.32. The van der Waals surface area contributed by atoms with E-state index < -0.39 is 10.8 Å². The van der Waals surface area contributed by atoms with Gasteiger partial charge < -0.3 is 0 Å². The Morgan fingerprint density at radius 2 is 1.89 bits per heavy atom. The first-order valence-electron chi connectivity index (χ1n) is 5.65. The lowest BCUT2D eigenvalue weighted by Crippen LogP contribution is -2.33. The molecule has 0 aliphatic carbocycles. The normalized spacial score (nSPS) is 14.3. The summed E-state index contributed by atoms with van der Waals surface area (Å²) in [4.78, 5) is 11.8. The maximum atomic E-state index is 11.8. The molecule has 1 atom stereocenters. The molecule has 1 unspecified atom stereocenters. The van der Waals surface area contributed by atoms with Gasteiger partial charge in [-0.2, -0.15) is 0 Å². The van der Waals surface area contributed by atoms with Gasteiger partial charge in [-0.3, -0.25) is 4.79 Å². The van der Waals surface area contributed by atoms with Crippen molar-refractivity contribution < 1.29 is 4.79 Å². The van der Waals surface area contributed by atoms with Gasteiger partial charge in [0.1, 0.15) is 0 Å². The Hall–Kier alpha value is -0.0200. The van der Waals surface area contributed by atoms with Gasteiger partial charge in [0.05, 0.1) is 10.7 Å². The van der Waals surface area contributed by atoms with Gasteiger partial charge in [0.15, 0.2) is 5.78 Å². The largest absolute Gasteiger partial charge is 0.298 e. The zero-order chi connectivity index (χ0) is 14.6.